The van der Waals surface area contributed by atoms with Gasteiger partial charge < -0.3 is 19.9 Å². The number of aliphatic imine (C=N–C) groups is 1. The van der Waals surface area contributed by atoms with Crippen molar-refractivity contribution in [2.24, 2.45) is 12.0 Å². The molecular formula is C20H37IN6O. The molecule has 0 amide bonds. The molecule has 1 atom stereocenters. The summed E-state index contributed by atoms with van der Waals surface area (Å²) in [7, 11) is 6.09. The van der Waals surface area contributed by atoms with Gasteiger partial charge in [-0.05, 0) is 32.9 Å². The van der Waals surface area contributed by atoms with Crippen molar-refractivity contribution in [1.29, 1.82) is 0 Å². The third-order valence-electron chi connectivity index (χ3n) is 5.84. The zero-order chi connectivity index (χ0) is 19.1. The van der Waals surface area contributed by atoms with Crippen molar-refractivity contribution in [1.82, 2.24) is 24.9 Å². The van der Waals surface area contributed by atoms with E-state index in [0.717, 1.165) is 50.2 Å². The average molecular weight is 504 g/mol. The fraction of sp³-hybridized carbons (Fsp3) is 0.800. The summed E-state index contributed by atoms with van der Waals surface area (Å²) in [5, 5.41) is 7.81. The monoisotopic (exact) mass is 504 g/mol. The molecule has 7 nitrogen and oxygen atoms in total. The lowest BCUT2D eigenvalue weighted by molar-refractivity contribution is -0.00803. The van der Waals surface area contributed by atoms with Crippen molar-refractivity contribution < 1.29 is 4.74 Å². The Bertz CT molecular complexity index is 601. The van der Waals surface area contributed by atoms with Gasteiger partial charge in [0.25, 0.3) is 0 Å². The van der Waals surface area contributed by atoms with Crippen LogP contribution in [0.2, 0.25) is 0 Å². The van der Waals surface area contributed by atoms with Gasteiger partial charge in [-0.1, -0.05) is 19.3 Å². The third kappa shape index (κ3) is 6.59. The standard InChI is InChI=1S/C20H36N6O.HI/c1-21-20(22-10-7-11-24(2)18-8-5-4-6-9-18)26-12-13-27-19(16-26)17-14-23-25(3)15-17;/h14-15,18-19H,4-13,16H2,1-3H3,(H,21,22);1H. The van der Waals surface area contributed by atoms with Crippen molar-refractivity contribution in [2.75, 3.05) is 46.9 Å². The minimum absolute atomic E-state index is 0. The number of ether oxygens (including phenoxy) is 1. The molecule has 8 heteroatoms. The summed E-state index contributed by atoms with van der Waals surface area (Å²) < 4.78 is 7.77. The average Bonchev–Trinajstić information content (AvgIpc) is 3.15. The predicted molar refractivity (Wildman–Crippen MR) is 124 cm³/mol. The van der Waals surface area contributed by atoms with E-state index in [1.165, 1.54) is 32.1 Å². The van der Waals surface area contributed by atoms with Gasteiger partial charge in [-0.15, -0.1) is 24.0 Å². The van der Waals surface area contributed by atoms with E-state index in [4.69, 9.17) is 4.74 Å². The highest BCUT2D eigenvalue weighted by molar-refractivity contribution is 14.0. The number of hydrogen-bond donors (Lipinski definition) is 1. The Labute approximate surface area is 186 Å². The van der Waals surface area contributed by atoms with E-state index in [9.17, 15) is 0 Å². The molecule has 28 heavy (non-hydrogen) atoms. The molecule has 0 aromatic carbocycles. The van der Waals surface area contributed by atoms with Gasteiger partial charge in [-0.2, -0.15) is 5.10 Å². The molecule has 0 radical (unpaired) electrons. The van der Waals surface area contributed by atoms with Crippen molar-refractivity contribution in [3.8, 4) is 0 Å². The molecule has 2 heterocycles. The van der Waals surface area contributed by atoms with Crippen LogP contribution >= 0.6 is 24.0 Å². The second-order valence-corrected chi connectivity index (χ2v) is 7.85. The Balaban J connectivity index is 0.00000280. The topological polar surface area (TPSA) is 57.9 Å². The van der Waals surface area contributed by atoms with Gasteiger partial charge in [-0.25, -0.2) is 0 Å². The van der Waals surface area contributed by atoms with Gasteiger partial charge in [0.2, 0.25) is 0 Å². The highest BCUT2D eigenvalue weighted by Gasteiger charge is 2.25. The summed E-state index contributed by atoms with van der Waals surface area (Å²) in [4.78, 5) is 9.34. The molecular weight excluding hydrogens is 467 g/mol. The van der Waals surface area contributed by atoms with E-state index in [2.05, 4.69) is 32.3 Å². The number of nitrogens with zero attached hydrogens (tertiary/aromatic N) is 5. The number of hydrogen-bond acceptors (Lipinski definition) is 4. The van der Waals surface area contributed by atoms with Crippen LogP contribution in [0.25, 0.3) is 0 Å². The molecule has 1 saturated heterocycles. The summed E-state index contributed by atoms with van der Waals surface area (Å²) in [6.07, 6.45) is 12.1. The van der Waals surface area contributed by atoms with Crippen LogP contribution < -0.4 is 5.32 Å². The van der Waals surface area contributed by atoms with E-state index >= 15 is 0 Å². The number of guanidine groups is 1. The first kappa shape index (κ1) is 23.4. The van der Waals surface area contributed by atoms with Crippen molar-refractivity contribution in [3.05, 3.63) is 18.0 Å². The molecule has 1 saturated carbocycles. The largest absolute Gasteiger partial charge is 0.370 e. The zero-order valence-electron chi connectivity index (χ0n) is 17.6. The van der Waals surface area contributed by atoms with E-state index < -0.39 is 0 Å². The lowest BCUT2D eigenvalue weighted by Crippen LogP contribution is -2.48. The molecule has 2 aliphatic rings. The van der Waals surface area contributed by atoms with Crippen LogP contribution in [0.15, 0.2) is 17.4 Å². The van der Waals surface area contributed by atoms with Crippen molar-refractivity contribution >= 4 is 29.9 Å². The number of morpholine rings is 1. The normalized spacial score (nSPS) is 21.6. The van der Waals surface area contributed by atoms with Gasteiger partial charge in [-0.3, -0.25) is 9.67 Å². The van der Waals surface area contributed by atoms with Crippen LogP contribution in [0.3, 0.4) is 0 Å². The fourth-order valence-corrected chi connectivity index (χ4v) is 4.22. The summed E-state index contributed by atoms with van der Waals surface area (Å²) in [5.74, 6) is 0.979. The lowest BCUT2D eigenvalue weighted by Gasteiger charge is -2.35. The summed E-state index contributed by atoms with van der Waals surface area (Å²) >= 11 is 0. The molecule has 160 valence electrons. The van der Waals surface area contributed by atoms with Crippen LogP contribution in [0.4, 0.5) is 0 Å². The summed E-state index contributed by atoms with van der Waals surface area (Å²) in [5.41, 5.74) is 1.13. The molecule has 1 aliphatic heterocycles. The molecule has 1 N–H and O–H groups in total. The zero-order valence-corrected chi connectivity index (χ0v) is 20.0. The highest BCUT2D eigenvalue weighted by atomic mass is 127. The molecule has 2 fully saturated rings. The maximum Gasteiger partial charge on any atom is 0.193 e. The second kappa shape index (κ2) is 12.0. The van der Waals surface area contributed by atoms with Gasteiger partial charge in [0.15, 0.2) is 5.96 Å². The Hall–Kier alpha value is -0.870. The third-order valence-corrected chi connectivity index (χ3v) is 5.84. The van der Waals surface area contributed by atoms with Gasteiger partial charge in [0, 0.05) is 45.0 Å². The van der Waals surface area contributed by atoms with Crippen LogP contribution in [-0.2, 0) is 11.8 Å². The second-order valence-electron chi connectivity index (χ2n) is 7.85. The number of aromatic nitrogens is 2. The van der Waals surface area contributed by atoms with Crippen LogP contribution in [0, 0.1) is 0 Å². The van der Waals surface area contributed by atoms with Crippen molar-refractivity contribution in [2.45, 2.75) is 50.7 Å². The summed E-state index contributed by atoms with van der Waals surface area (Å²) in [6, 6.07) is 0.789. The van der Waals surface area contributed by atoms with Crippen molar-refractivity contribution in [3.63, 3.8) is 0 Å². The molecule has 0 spiro atoms. The number of aryl methyl sites for hydroxylation is 1. The first-order valence-corrected chi connectivity index (χ1v) is 10.4. The minimum Gasteiger partial charge on any atom is -0.370 e. The molecule has 1 unspecified atom stereocenters. The maximum atomic E-state index is 5.94. The first-order valence-electron chi connectivity index (χ1n) is 10.4. The quantitative estimate of drug-likeness (QED) is 0.280. The van der Waals surface area contributed by atoms with E-state index in [-0.39, 0.29) is 30.1 Å². The summed E-state index contributed by atoms with van der Waals surface area (Å²) in [6.45, 7) is 4.51. The lowest BCUT2D eigenvalue weighted by atomic mass is 9.94. The first-order chi connectivity index (χ1) is 13.2. The number of rotatable bonds is 6. The fourth-order valence-electron chi connectivity index (χ4n) is 4.22. The van der Waals surface area contributed by atoms with Gasteiger partial charge in [0.05, 0.1) is 19.3 Å². The SMILES string of the molecule is CN=C(NCCCN(C)C1CCCCC1)N1CCOC(c2cnn(C)c2)C1.I. The Kier molecular flexibility index (Phi) is 10.0. The Morgan fingerprint density at radius 1 is 1.36 bits per heavy atom. The van der Waals surface area contributed by atoms with Crippen LogP contribution in [-0.4, -0.2) is 78.5 Å². The predicted octanol–water partition coefficient (Wildman–Crippen LogP) is 2.64. The van der Waals surface area contributed by atoms with E-state index in [1.807, 2.05) is 31.2 Å². The molecule has 1 aliphatic carbocycles. The van der Waals surface area contributed by atoms with Gasteiger partial charge in [0.1, 0.15) is 6.10 Å². The number of nitrogens with one attached hydrogen (secondary N) is 1. The Morgan fingerprint density at radius 3 is 2.82 bits per heavy atom. The van der Waals surface area contributed by atoms with E-state index in [1.54, 1.807) is 0 Å². The Morgan fingerprint density at radius 2 is 2.14 bits per heavy atom. The van der Waals surface area contributed by atoms with E-state index in [0.29, 0.717) is 6.61 Å². The molecule has 3 rings (SSSR count). The van der Waals surface area contributed by atoms with Crippen LogP contribution in [0.1, 0.15) is 50.2 Å². The smallest absolute Gasteiger partial charge is 0.193 e. The molecule has 1 aromatic heterocycles. The van der Waals surface area contributed by atoms with Gasteiger partial charge >= 0.3 is 0 Å². The molecule has 0 bridgehead atoms. The maximum absolute atomic E-state index is 5.94. The molecule has 1 aromatic rings. The minimum atomic E-state index is 0. The van der Waals surface area contributed by atoms with Crippen LogP contribution in [0.5, 0.6) is 0 Å². The highest BCUT2D eigenvalue weighted by Crippen LogP contribution is 2.22. The number of halogens is 1.